The van der Waals surface area contributed by atoms with Gasteiger partial charge in [0.1, 0.15) is 0 Å². The average molecular weight is 885 g/mol. The van der Waals surface area contributed by atoms with Gasteiger partial charge in [-0.2, -0.15) is 0 Å². The van der Waals surface area contributed by atoms with Crippen molar-refractivity contribution >= 4 is 65.2 Å². The highest BCUT2D eigenvalue weighted by Crippen LogP contribution is 2.53. The Bertz CT molecular complexity index is 4280. The molecular formula is C68H40N2. The third kappa shape index (κ3) is 5.17. The Morgan fingerprint density at radius 1 is 0.186 bits per heavy atom. The van der Waals surface area contributed by atoms with Crippen LogP contribution in [-0.4, -0.2) is 9.13 Å². The Morgan fingerprint density at radius 2 is 0.529 bits per heavy atom. The van der Waals surface area contributed by atoms with Crippen LogP contribution in [0.1, 0.15) is 0 Å². The van der Waals surface area contributed by atoms with Gasteiger partial charge in [0.15, 0.2) is 0 Å². The Kier molecular flexibility index (Phi) is 7.64. The van der Waals surface area contributed by atoms with E-state index >= 15 is 0 Å². The second kappa shape index (κ2) is 14.1. The van der Waals surface area contributed by atoms with Crippen molar-refractivity contribution in [3.05, 3.63) is 243 Å². The Morgan fingerprint density at radius 3 is 0.986 bits per heavy atom. The molecule has 2 heteroatoms. The number of benzene rings is 12. The number of aromatic nitrogens is 2. The van der Waals surface area contributed by atoms with Crippen molar-refractivity contribution in [2.75, 3.05) is 0 Å². The normalized spacial score (nSPS) is 12.3. The number of hydrogen-bond donors (Lipinski definition) is 0. The molecule has 0 radical (unpaired) electrons. The first-order chi connectivity index (χ1) is 34.7. The summed E-state index contributed by atoms with van der Waals surface area (Å²) in [4.78, 5) is 0. The smallest absolute Gasteiger partial charge is 0.0553 e. The monoisotopic (exact) mass is 884 g/mol. The molecular weight excluding hydrogens is 845 g/mol. The first-order valence-corrected chi connectivity index (χ1v) is 24.3. The van der Waals surface area contributed by atoms with Gasteiger partial charge in [-0.1, -0.05) is 182 Å². The summed E-state index contributed by atoms with van der Waals surface area (Å²) in [6, 6.07) is 90.7. The van der Waals surface area contributed by atoms with E-state index in [4.69, 9.17) is 0 Å². The van der Waals surface area contributed by atoms with Crippen LogP contribution in [0, 0.1) is 0 Å². The molecule has 2 aromatic heterocycles. The van der Waals surface area contributed by atoms with Crippen molar-refractivity contribution in [3.63, 3.8) is 0 Å². The first kappa shape index (κ1) is 37.8. The third-order valence-electron chi connectivity index (χ3n) is 15.5. The second-order valence-electron chi connectivity index (χ2n) is 19.2. The zero-order valence-electron chi connectivity index (χ0n) is 38.0. The summed E-state index contributed by atoms with van der Waals surface area (Å²) in [5.74, 6) is 0. The summed E-state index contributed by atoms with van der Waals surface area (Å²) in [6.45, 7) is 0. The molecule has 0 saturated carbocycles. The van der Waals surface area contributed by atoms with E-state index in [1.807, 2.05) is 0 Å². The molecule has 70 heavy (non-hydrogen) atoms. The van der Waals surface area contributed by atoms with Crippen LogP contribution in [0.15, 0.2) is 243 Å². The van der Waals surface area contributed by atoms with E-state index < -0.39 is 0 Å². The third-order valence-corrected chi connectivity index (χ3v) is 15.5. The maximum Gasteiger partial charge on any atom is 0.0553 e. The van der Waals surface area contributed by atoms with Gasteiger partial charge in [-0.15, -0.1) is 0 Å². The van der Waals surface area contributed by atoms with Crippen LogP contribution in [0.3, 0.4) is 0 Å². The molecule has 0 N–H and O–H groups in total. The molecule has 12 aromatic carbocycles. The van der Waals surface area contributed by atoms with E-state index in [0.29, 0.717) is 0 Å². The SMILES string of the molecule is c1ccc(-c2cc(-c3ccccc3)cc(-c3cc(-n4c5ccccc5c5c6cccc7c6c(cc54)-c4ccccc4-7)cc(-n4c5ccccc5c5c6cccc7c6c(cc54)-c4ccccc4-7)c3)c2)cc1. The molecule has 2 nitrogen and oxygen atoms in total. The fraction of sp³-hybridized carbons (Fsp3) is 0. The molecule has 0 fully saturated rings. The van der Waals surface area contributed by atoms with E-state index in [1.54, 1.807) is 0 Å². The number of rotatable bonds is 5. The lowest BCUT2D eigenvalue weighted by Crippen LogP contribution is -2.00. The number of fused-ring (bicyclic) bond motifs is 14. The fourth-order valence-corrected chi connectivity index (χ4v) is 12.6. The highest BCUT2D eigenvalue weighted by atomic mass is 15.0. The van der Waals surface area contributed by atoms with Crippen molar-refractivity contribution < 1.29 is 0 Å². The lowest BCUT2D eigenvalue weighted by molar-refractivity contribution is 1.14. The maximum absolute atomic E-state index is 2.55. The predicted molar refractivity (Wildman–Crippen MR) is 295 cm³/mol. The van der Waals surface area contributed by atoms with Crippen LogP contribution in [0.4, 0.5) is 0 Å². The maximum atomic E-state index is 2.55. The highest BCUT2D eigenvalue weighted by Gasteiger charge is 2.28. The molecule has 0 saturated heterocycles. The van der Waals surface area contributed by atoms with Crippen LogP contribution >= 0.6 is 0 Å². The molecule has 2 heterocycles. The van der Waals surface area contributed by atoms with E-state index in [2.05, 4.69) is 252 Å². The standard InChI is InChI=1S/C68H40N2/c1-3-17-41(18-4-1)43-33-44(42-19-5-2-6-20-42)35-45(34-43)46-36-47(69-61-31-13-11-25-55(61)67-57-29-15-27-53-49-21-7-9-23-51(49)59(65(53)57)39-63(67)69)38-48(37-46)70-62-32-14-12-26-56(62)68-58-30-16-28-54-50-22-8-10-24-52(50)60(66(54)58)40-64(68)70/h1-40H. The van der Waals surface area contributed by atoms with E-state index in [-0.39, 0.29) is 0 Å². The number of para-hydroxylation sites is 2. The average Bonchev–Trinajstić information content (AvgIpc) is 4.15. The van der Waals surface area contributed by atoms with Crippen LogP contribution in [0.25, 0.3) is 154 Å². The summed E-state index contributed by atoms with van der Waals surface area (Å²) >= 11 is 0. The van der Waals surface area contributed by atoms with Gasteiger partial charge in [-0.25, -0.2) is 0 Å². The Balaban J connectivity index is 1.05. The topological polar surface area (TPSA) is 9.86 Å². The highest BCUT2D eigenvalue weighted by molar-refractivity contribution is 6.31. The summed E-state index contributed by atoms with van der Waals surface area (Å²) in [7, 11) is 0. The summed E-state index contributed by atoms with van der Waals surface area (Å²) in [5, 5.41) is 10.4. The van der Waals surface area contributed by atoms with Crippen molar-refractivity contribution in [2.45, 2.75) is 0 Å². The van der Waals surface area contributed by atoms with Crippen LogP contribution in [0.5, 0.6) is 0 Å². The van der Waals surface area contributed by atoms with Gasteiger partial charge in [0.25, 0.3) is 0 Å². The molecule has 0 unspecified atom stereocenters. The minimum Gasteiger partial charge on any atom is -0.309 e. The van der Waals surface area contributed by atoms with Crippen LogP contribution < -0.4 is 0 Å². The number of nitrogens with zero attached hydrogens (tertiary/aromatic N) is 2. The first-order valence-electron chi connectivity index (χ1n) is 24.3. The molecule has 0 atom stereocenters. The minimum atomic E-state index is 1.11. The Hall–Kier alpha value is -9.24. The van der Waals surface area contributed by atoms with Gasteiger partial charge in [0.05, 0.1) is 22.1 Å². The molecule has 2 aliphatic carbocycles. The van der Waals surface area contributed by atoms with E-state index in [9.17, 15) is 0 Å². The molecule has 16 rings (SSSR count). The summed E-state index contributed by atoms with van der Waals surface area (Å²) < 4.78 is 5.09. The molecule has 0 spiro atoms. The molecule has 0 amide bonds. The number of hydrogen-bond acceptors (Lipinski definition) is 0. The molecule has 0 aliphatic heterocycles. The van der Waals surface area contributed by atoms with E-state index in [1.165, 1.54) is 132 Å². The predicted octanol–water partition coefficient (Wildman–Crippen LogP) is 18.5. The summed E-state index contributed by atoms with van der Waals surface area (Å²) in [5.41, 5.74) is 24.5. The Labute approximate surface area is 404 Å². The quantitative estimate of drug-likeness (QED) is 0.163. The molecule has 14 aromatic rings. The van der Waals surface area contributed by atoms with Crippen molar-refractivity contribution in [1.29, 1.82) is 0 Å². The largest absolute Gasteiger partial charge is 0.309 e. The fourth-order valence-electron chi connectivity index (χ4n) is 12.6. The second-order valence-corrected chi connectivity index (χ2v) is 19.2. The van der Waals surface area contributed by atoms with Gasteiger partial charge >= 0.3 is 0 Å². The van der Waals surface area contributed by atoms with Crippen molar-refractivity contribution in [2.24, 2.45) is 0 Å². The zero-order chi connectivity index (χ0) is 45.6. The van der Waals surface area contributed by atoms with Gasteiger partial charge in [0, 0.05) is 32.9 Å². The van der Waals surface area contributed by atoms with Gasteiger partial charge in [0.2, 0.25) is 0 Å². The van der Waals surface area contributed by atoms with Crippen LogP contribution in [-0.2, 0) is 0 Å². The lowest BCUT2D eigenvalue weighted by atomic mass is 9.93. The van der Waals surface area contributed by atoms with Crippen molar-refractivity contribution in [3.8, 4) is 89.3 Å². The lowest BCUT2D eigenvalue weighted by Gasteiger charge is -2.18. The van der Waals surface area contributed by atoms with Crippen LogP contribution in [0.2, 0.25) is 0 Å². The summed E-state index contributed by atoms with van der Waals surface area (Å²) in [6.07, 6.45) is 0. The van der Waals surface area contributed by atoms with Gasteiger partial charge < -0.3 is 9.13 Å². The molecule has 0 bridgehead atoms. The molecule has 2 aliphatic rings. The van der Waals surface area contributed by atoms with Gasteiger partial charge in [-0.05, 0) is 160 Å². The van der Waals surface area contributed by atoms with Crippen molar-refractivity contribution in [1.82, 2.24) is 9.13 Å². The minimum absolute atomic E-state index is 1.11. The van der Waals surface area contributed by atoms with Gasteiger partial charge in [-0.3, -0.25) is 0 Å². The van der Waals surface area contributed by atoms with E-state index in [0.717, 1.165) is 22.5 Å². The molecule has 322 valence electrons. The zero-order valence-corrected chi connectivity index (χ0v) is 38.0.